The predicted octanol–water partition coefficient (Wildman–Crippen LogP) is 4.96. The van der Waals surface area contributed by atoms with Gasteiger partial charge in [0.25, 0.3) is 0 Å². The van der Waals surface area contributed by atoms with Crippen LogP contribution in [0.4, 0.5) is 5.69 Å². The molecule has 0 aliphatic heterocycles. The number of anilines is 1. The molecule has 0 saturated carbocycles. The summed E-state index contributed by atoms with van der Waals surface area (Å²) in [6, 6.07) is 8.70. The van der Waals surface area contributed by atoms with E-state index < -0.39 is 0 Å². The van der Waals surface area contributed by atoms with Gasteiger partial charge in [-0.3, -0.25) is 0 Å². The van der Waals surface area contributed by atoms with Gasteiger partial charge in [-0.2, -0.15) is 0 Å². The highest BCUT2D eigenvalue weighted by Crippen LogP contribution is 2.25. The van der Waals surface area contributed by atoms with Gasteiger partial charge in [-0.25, -0.2) is 0 Å². The molecule has 0 heterocycles. The fraction of sp³-hybridized carbons (Fsp3) is 0.647. The van der Waals surface area contributed by atoms with Gasteiger partial charge >= 0.3 is 0 Å². The lowest BCUT2D eigenvalue weighted by atomic mass is 10.0. The third-order valence-corrected chi connectivity index (χ3v) is 3.04. The molecule has 0 amide bonds. The highest BCUT2D eigenvalue weighted by molar-refractivity contribution is 5.56. The summed E-state index contributed by atoms with van der Waals surface area (Å²) in [5.74, 6) is 2.27. The van der Waals surface area contributed by atoms with Crippen LogP contribution in [-0.2, 0) is 0 Å². The quantitative estimate of drug-likeness (QED) is 0.716. The van der Waals surface area contributed by atoms with E-state index in [4.69, 9.17) is 4.74 Å². The van der Waals surface area contributed by atoms with Gasteiger partial charge in [0.2, 0.25) is 0 Å². The predicted molar refractivity (Wildman–Crippen MR) is 83.9 cm³/mol. The van der Waals surface area contributed by atoms with E-state index in [1.54, 1.807) is 0 Å². The van der Waals surface area contributed by atoms with Gasteiger partial charge in [-0.05, 0) is 43.7 Å². The van der Waals surface area contributed by atoms with Crippen molar-refractivity contribution in [3.8, 4) is 5.75 Å². The van der Waals surface area contributed by atoms with E-state index in [-0.39, 0.29) is 0 Å². The van der Waals surface area contributed by atoms with Crippen molar-refractivity contribution in [2.45, 2.75) is 53.5 Å². The Bertz CT molecular complexity index is 360. The first kappa shape index (κ1) is 15.9. The van der Waals surface area contributed by atoms with Crippen LogP contribution in [0.15, 0.2) is 24.3 Å². The van der Waals surface area contributed by atoms with Crippen molar-refractivity contribution in [1.82, 2.24) is 0 Å². The largest absolute Gasteiger partial charge is 0.491 e. The molecule has 2 nitrogen and oxygen atoms in total. The Morgan fingerprint density at radius 2 is 1.63 bits per heavy atom. The van der Waals surface area contributed by atoms with Gasteiger partial charge in [-0.1, -0.05) is 39.8 Å². The second kappa shape index (κ2) is 8.08. The van der Waals surface area contributed by atoms with Crippen LogP contribution in [-0.4, -0.2) is 12.6 Å². The fourth-order valence-electron chi connectivity index (χ4n) is 1.89. The second-order valence-electron chi connectivity index (χ2n) is 6.22. The van der Waals surface area contributed by atoms with E-state index in [1.165, 1.54) is 12.8 Å². The fourth-order valence-corrected chi connectivity index (χ4v) is 1.89. The average molecular weight is 263 g/mol. The van der Waals surface area contributed by atoms with Crippen LogP contribution in [0.2, 0.25) is 0 Å². The van der Waals surface area contributed by atoms with Crippen molar-refractivity contribution in [3.05, 3.63) is 24.3 Å². The number of hydrogen-bond donors (Lipinski definition) is 1. The molecule has 1 aromatic carbocycles. The van der Waals surface area contributed by atoms with Crippen LogP contribution in [0.1, 0.15) is 47.5 Å². The van der Waals surface area contributed by atoms with Gasteiger partial charge in [-0.15, -0.1) is 0 Å². The van der Waals surface area contributed by atoms with Crippen molar-refractivity contribution >= 4 is 5.69 Å². The number of nitrogens with one attached hydrogen (secondary N) is 1. The Hall–Kier alpha value is -1.18. The lowest BCUT2D eigenvalue weighted by Crippen LogP contribution is -2.17. The molecule has 0 fully saturated rings. The molecule has 1 N–H and O–H groups in total. The lowest BCUT2D eigenvalue weighted by Gasteiger charge is -2.19. The standard InChI is InChI=1S/C17H29NO/c1-13(2)10-11-15(5)18-16-8-6-7-9-17(16)19-12-14(3)4/h6-9,13-15,18H,10-12H2,1-5H3. The maximum Gasteiger partial charge on any atom is 0.142 e. The van der Waals surface area contributed by atoms with Gasteiger partial charge in [0.05, 0.1) is 12.3 Å². The van der Waals surface area contributed by atoms with E-state index in [0.29, 0.717) is 12.0 Å². The van der Waals surface area contributed by atoms with Crippen molar-refractivity contribution in [1.29, 1.82) is 0 Å². The molecule has 0 aliphatic carbocycles. The van der Waals surface area contributed by atoms with Crippen LogP contribution >= 0.6 is 0 Å². The van der Waals surface area contributed by atoms with Crippen LogP contribution in [0.25, 0.3) is 0 Å². The van der Waals surface area contributed by atoms with E-state index in [9.17, 15) is 0 Å². The van der Waals surface area contributed by atoms with E-state index >= 15 is 0 Å². The summed E-state index contributed by atoms with van der Waals surface area (Å²) in [4.78, 5) is 0. The summed E-state index contributed by atoms with van der Waals surface area (Å²) in [5.41, 5.74) is 1.11. The van der Waals surface area contributed by atoms with Crippen LogP contribution < -0.4 is 10.1 Å². The molecule has 0 aromatic heterocycles. The molecule has 0 spiro atoms. The molecular formula is C17H29NO. The second-order valence-corrected chi connectivity index (χ2v) is 6.22. The van der Waals surface area contributed by atoms with Gasteiger partial charge in [0, 0.05) is 6.04 Å². The molecule has 0 radical (unpaired) electrons. The van der Waals surface area contributed by atoms with Crippen LogP contribution in [0, 0.1) is 11.8 Å². The van der Waals surface area contributed by atoms with Crippen molar-refractivity contribution in [2.75, 3.05) is 11.9 Å². The first-order chi connectivity index (χ1) is 8.99. The third kappa shape index (κ3) is 6.51. The highest BCUT2D eigenvalue weighted by atomic mass is 16.5. The third-order valence-electron chi connectivity index (χ3n) is 3.04. The Labute approximate surface area is 118 Å². The Balaban J connectivity index is 2.56. The molecule has 1 unspecified atom stereocenters. The molecular weight excluding hydrogens is 234 g/mol. The summed E-state index contributed by atoms with van der Waals surface area (Å²) < 4.78 is 5.86. The lowest BCUT2D eigenvalue weighted by molar-refractivity contribution is 0.272. The zero-order valence-electron chi connectivity index (χ0n) is 13.1. The summed E-state index contributed by atoms with van der Waals surface area (Å²) in [6.07, 6.45) is 2.44. The minimum Gasteiger partial charge on any atom is -0.491 e. The van der Waals surface area contributed by atoms with Crippen molar-refractivity contribution in [3.63, 3.8) is 0 Å². The minimum atomic E-state index is 0.478. The molecule has 1 atom stereocenters. The highest BCUT2D eigenvalue weighted by Gasteiger charge is 2.08. The zero-order valence-corrected chi connectivity index (χ0v) is 13.1. The number of ether oxygens (including phenoxy) is 1. The van der Waals surface area contributed by atoms with E-state index in [0.717, 1.165) is 24.0 Å². The number of hydrogen-bond acceptors (Lipinski definition) is 2. The van der Waals surface area contributed by atoms with Gasteiger partial charge in [0.1, 0.15) is 5.75 Å². The smallest absolute Gasteiger partial charge is 0.142 e. The Morgan fingerprint density at radius 3 is 2.26 bits per heavy atom. The molecule has 19 heavy (non-hydrogen) atoms. The summed E-state index contributed by atoms with van der Waals surface area (Å²) in [5, 5.41) is 3.56. The number of para-hydroxylation sites is 2. The normalized spacial score (nSPS) is 12.8. The minimum absolute atomic E-state index is 0.478. The molecule has 1 aromatic rings. The maximum absolute atomic E-state index is 5.86. The summed E-state index contributed by atoms with van der Waals surface area (Å²) in [6.45, 7) is 11.9. The van der Waals surface area contributed by atoms with Crippen LogP contribution in [0.5, 0.6) is 5.75 Å². The SMILES string of the molecule is CC(C)CCC(C)Nc1ccccc1OCC(C)C. The van der Waals surface area contributed by atoms with E-state index in [2.05, 4.69) is 52.1 Å². The van der Waals surface area contributed by atoms with Gasteiger partial charge < -0.3 is 10.1 Å². The molecule has 0 bridgehead atoms. The van der Waals surface area contributed by atoms with Crippen molar-refractivity contribution < 1.29 is 4.74 Å². The molecule has 108 valence electrons. The number of rotatable bonds is 8. The summed E-state index contributed by atoms with van der Waals surface area (Å²) in [7, 11) is 0. The molecule has 1 rings (SSSR count). The zero-order chi connectivity index (χ0) is 14.3. The topological polar surface area (TPSA) is 21.3 Å². The number of benzene rings is 1. The van der Waals surface area contributed by atoms with Crippen molar-refractivity contribution in [2.24, 2.45) is 11.8 Å². The first-order valence-electron chi connectivity index (χ1n) is 7.47. The average Bonchev–Trinajstić information content (AvgIpc) is 2.35. The molecule has 2 heteroatoms. The van der Waals surface area contributed by atoms with Crippen LogP contribution in [0.3, 0.4) is 0 Å². The molecule has 0 aliphatic rings. The monoisotopic (exact) mass is 263 g/mol. The first-order valence-corrected chi connectivity index (χ1v) is 7.47. The Morgan fingerprint density at radius 1 is 0.947 bits per heavy atom. The maximum atomic E-state index is 5.86. The Kier molecular flexibility index (Phi) is 6.75. The molecule has 0 saturated heterocycles. The van der Waals surface area contributed by atoms with Gasteiger partial charge in [0.15, 0.2) is 0 Å². The summed E-state index contributed by atoms with van der Waals surface area (Å²) >= 11 is 0. The van der Waals surface area contributed by atoms with E-state index in [1.807, 2.05) is 12.1 Å².